The molecule has 3 saturated heterocycles. The van der Waals surface area contributed by atoms with E-state index in [4.69, 9.17) is 14.6 Å². The van der Waals surface area contributed by atoms with E-state index in [-0.39, 0.29) is 18.2 Å². The number of amides is 1. The first-order valence-electron chi connectivity index (χ1n) is 10.4. The van der Waals surface area contributed by atoms with Crippen LogP contribution in [0.4, 0.5) is 15.3 Å². The topological polar surface area (TPSA) is 95.4 Å². The molecule has 1 aromatic heterocycles. The molecule has 1 amide bonds. The molecule has 2 atom stereocenters. The zero-order valence-electron chi connectivity index (χ0n) is 16.5. The molecule has 0 radical (unpaired) electrons. The van der Waals surface area contributed by atoms with E-state index in [2.05, 4.69) is 9.88 Å². The molecule has 9 nitrogen and oxygen atoms in total. The predicted octanol–water partition coefficient (Wildman–Crippen LogP) is 2.38. The highest BCUT2D eigenvalue weighted by Crippen LogP contribution is 2.27. The summed E-state index contributed by atoms with van der Waals surface area (Å²) in [6.45, 7) is 3.61. The number of carbonyl (C=O) groups excluding carboxylic acids is 1. The number of anilines is 1. The highest BCUT2D eigenvalue weighted by atomic mass is 16.7. The van der Waals surface area contributed by atoms with Crippen molar-refractivity contribution >= 4 is 17.9 Å². The number of aromatic nitrogens is 1. The fraction of sp³-hybridized carbons (Fsp3) is 0.650. The predicted molar refractivity (Wildman–Crippen MR) is 105 cm³/mol. The third kappa shape index (κ3) is 4.72. The van der Waals surface area contributed by atoms with E-state index in [0.717, 1.165) is 51.0 Å². The van der Waals surface area contributed by atoms with E-state index >= 15 is 0 Å². The molecule has 3 aliphatic rings. The van der Waals surface area contributed by atoms with Crippen LogP contribution in [0.25, 0.3) is 0 Å². The van der Waals surface area contributed by atoms with Crippen molar-refractivity contribution in [2.24, 2.45) is 0 Å². The van der Waals surface area contributed by atoms with Crippen molar-refractivity contribution < 1.29 is 24.2 Å². The van der Waals surface area contributed by atoms with Crippen LogP contribution in [-0.2, 0) is 9.47 Å². The molecular weight excluding hydrogens is 376 g/mol. The Morgan fingerprint density at radius 1 is 1.17 bits per heavy atom. The van der Waals surface area contributed by atoms with Crippen LogP contribution < -0.4 is 4.90 Å². The maximum Gasteiger partial charge on any atom is 0.507 e. The number of carboxylic acid groups (broad SMARTS) is 1. The molecule has 3 fully saturated rings. The van der Waals surface area contributed by atoms with Gasteiger partial charge in [-0.2, -0.15) is 0 Å². The molecule has 0 aliphatic carbocycles. The third-order valence-corrected chi connectivity index (χ3v) is 6.06. The zero-order valence-corrected chi connectivity index (χ0v) is 16.5. The van der Waals surface area contributed by atoms with Gasteiger partial charge in [0.2, 0.25) is 0 Å². The summed E-state index contributed by atoms with van der Waals surface area (Å²) < 4.78 is 10.6. The monoisotopic (exact) mass is 404 g/mol. The minimum atomic E-state index is -1.26. The van der Waals surface area contributed by atoms with Crippen molar-refractivity contribution in [2.75, 3.05) is 37.6 Å². The van der Waals surface area contributed by atoms with Gasteiger partial charge in [0.15, 0.2) is 6.23 Å². The van der Waals surface area contributed by atoms with Gasteiger partial charge in [-0.1, -0.05) is 0 Å². The lowest BCUT2D eigenvalue weighted by molar-refractivity contribution is -0.0664. The molecule has 4 heterocycles. The number of nitrogens with zero attached hydrogens (tertiary/aromatic N) is 4. The second-order valence-electron chi connectivity index (χ2n) is 7.91. The average Bonchev–Trinajstić information content (AvgIpc) is 3.10. The molecule has 1 N–H and O–H groups in total. The number of ether oxygens (including phenoxy) is 2. The number of carbonyl (C=O) groups is 2. The van der Waals surface area contributed by atoms with Gasteiger partial charge in [-0.15, -0.1) is 0 Å². The SMILES string of the molecule is O=C(O)OC1CCCCN1CC1CN(C2CCN(c3ccncc3)CC2)C(=O)O1. The minimum Gasteiger partial charge on any atom is -0.450 e. The molecule has 9 heteroatoms. The second kappa shape index (κ2) is 8.86. The molecule has 0 spiro atoms. The lowest BCUT2D eigenvalue weighted by Gasteiger charge is -2.37. The Bertz CT molecular complexity index is 710. The summed E-state index contributed by atoms with van der Waals surface area (Å²) in [4.78, 5) is 33.6. The van der Waals surface area contributed by atoms with Gasteiger partial charge in [0.05, 0.1) is 6.54 Å². The summed E-state index contributed by atoms with van der Waals surface area (Å²) in [5.41, 5.74) is 1.16. The number of pyridine rings is 1. The zero-order chi connectivity index (χ0) is 20.2. The van der Waals surface area contributed by atoms with E-state index in [9.17, 15) is 9.59 Å². The summed E-state index contributed by atoms with van der Waals surface area (Å²) in [6.07, 6.45) is 5.81. The van der Waals surface area contributed by atoms with E-state index < -0.39 is 12.4 Å². The van der Waals surface area contributed by atoms with E-state index in [0.29, 0.717) is 19.5 Å². The largest absolute Gasteiger partial charge is 0.507 e. The van der Waals surface area contributed by atoms with Crippen LogP contribution in [0.15, 0.2) is 24.5 Å². The van der Waals surface area contributed by atoms with Crippen molar-refractivity contribution in [3.63, 3.8) is 0 Å². The Hall–Kier alpha value is -2.55. The number of piperidine rings is 2. The van der Waals surface area contributed by atoms with Gasteiger partial charge >= 0.3 is 12.2 Å². The van der Waals surface area contributed by atoms with Gasteiger partial charge in [-0.25, -0.2) is 9.59 Å². The summed E-state index contributed by atoms with van der Waals surface area (Å²) in [7, 11) is 0. The Balaban J connectivity index is 1.30. The highest BCUT2D eigenvalue weighted by molar-refractivity contribution is 5.70. The van der Waals surface area contributed by atoms with E-state index in [1.54, 1.807) is 12.4 Å². The Morgan fingerprint density at radius 2 is 1.93 bits per heavy atom. The Morgan fingerprint density at radius 3 is 2.66 bits per heavy atom. The molecule has 0 saturated carbocycles. The minimum absolute atomic E-state index is 0.179. The highest BCUT2D eigenvalue weighted by Gasteiger charge is 2.39. The van der Waals surface area contributed by atoms with Crippen LogP contribution in [0.2, 0.25) is 0 Å². The van der Waals surface area contributed by atoms with Crippen LogP contribution in [0.5, 0.6) is 0 Å². The van der Waals surface area contributed by atoms with Crippen molar-refractivity contribution in [1.29, 1.82) is 0 Å². The Kier molecular flexibility index (Phi) is 6.03. The van der Waals surface area contributed by atoms with E-state index in [1.165, 1.54) is 0 Å². The van der Waals surface area contributed by atoms with Crippen molar-refractivity contribution in [2.45, 2.75) is 50.5 Å². The number of likely N-dealkylation sites (tertiary alicyclic amines) is 1. The lowest BCUT2D eigenvalue weighted by Crippen LogP contribution is -2.48. The number of hydrogen-bond donors (Lipinski definition) is 1. The van der Waals surface area contributed by atoms with Crippen LogP contribution in [0.3, 0.4) is 0 Å². The molecule has 0 aromatic carbocycles. The molecule has 29 heavy (non-hydrogen) atoms. The summed E-state index contributed by atoms with van der Waals surface area (Å²) in [6, 6.07) is 4.20. The average molecular weight is 404 g/mol. The number of rotatable bonds is 5. The van der Waals surface area contributed by atoms with Crippen LogP contribution >= 0.6 is 0 Å². The fourth-order valence-electron chi connectivity index (χ4n) is 4.61. The fourth-order valence-corrected chi connectivity index (χ4v) is 4.61. The van der Waals surface area contributed by atoms with Gasteiger partial charge in [0, 0.05) is 50.3 Å². The molecule has 2 unspecified atom stereocenters. The van der Waals surface area contributed by atoms with Crippen molar-refractivity contribution in [3.05, 3.63) is 24.5 Å². The molecule has 0 bridgehead atoms. The quantitative estimate of drug-likeness (QED) is 0.748. The van der Waals surface area contributed by atoms with Gasteiger partial charge in [-0.05, 0) is 44.2 Å². The van der Waals surface area contributed by atoms with Gasteiger partial charge in [0.1, 0.15) is 6.10 Å². The van der Waals surface area contributed by atoms with Gasteiger partial charge in [0.25, 0.3) is 0 Å². The number of hydrogen-bond acceptors (Lipinski definition) is 7. The van der Waals surface area contributed by atoms with Crippen molar-refractivity contribution in [1.82, 2.24) is 14.8 Å². The first-order valence-corrected chi connectivity index (χ1v) is 10.4. The molecule has 4 rings (SSSR count). The van der Waals surface area contributed by atoms with Gasteiger partial charge in [-0.3, -0.25) is 9.88 Å². The first kappa shape index (κ1) is 19.8. The molecule has 3 aliphatic heterocycles. The van der Waals surface area contributed by atoms with E-state index in [1.807, 2.05) is 21.9 Å². The summed E-state index contributed by atoms with van der Waals surface area (Å²) in [5.74, 6) is 0. The molecule has 1 aromatic rings. The molecular formula is C20H28N4O5. The Labute approximate surface area is 170 Å². The van der Waals surface area contributed by atoms with Crippen molar-refractivity contribution in [3.8, 4) is 0 Å². The normalized spacial score (nSPS) is 26.4. The van der Waals surface area contributed by atoms with Gasteiger partial charge < -0.3 is 24.4 Å². The maximum absolute atomic E-state index is 12.5. The lowest BCUT2D eigenvalue weighted by atomic mass is 10.0. The standard InChI is InChI=1S/C20H28N4O5/c25-19-24(16-6-11-22(12-7-16)15-4-8-21-9-5-15)14-17(28-19)13-23-10-2-1-3-18(23)29-20(26)27/h4-5,8-9,16-18H,1-3,6-7,10-14H2,(H,26,27). The third-order valence-electron chi connectivity index (χ3n) is 6.06. The van der Waals surface area contributed by atoms with Crippen LogP contribution in [0, 0.1) is 0 Å². The first-order chi connectivity index (χ1) is 14.1. The van der Waals surface area contributed by atoms with Crippen LogP contribution in [0.1, 0.15) is 32.1 Å². The molecule has 158 valence electrons. The smallest absolute Gasteiger partial charge is 0.450 e. The van der Waals surface area contributed by atoms with Crippen LogP contribution in [-0.4, -0.2) is 83.2 Å². The summed E-state index contributed by atoms with van der Waals surface area (Å²) >= 11 is 0. The maximum atomic E-state index is 12.5. The number of cyclic esters (lactones) is 1. The second-order valence-corrected chi connectivity index (χ2v) is 7.91. The summed E-state index contributed by atoms with van der Waals surface area (Å²) in [5, 5.41) is 8.95.